The Hall–Kier alpha value is -2.03. The van der Waals surface area contributed by atoms with Crippen molar-refractivity contribution < 1.29 is 9.72 Å². The maximum atomic E-state index is 12.6. The van der Waals surface area contributed by atoms with Gasteiger partial charge in [0.25, 0.3) is 11.6 Å². The van der Waals surface area contributed by atoms with Crippen molar-refractivity contribution >= 4 is 35.3 Å². The minimum Gasteiger partial charge on any atom is -0.337 e. The van der Waals surface area contributed by atoms with Gasteiger partial charge in [0.1, 0.15) is 10.7 Å². The lowest BCUT2D eigenvalue weighted by molar-refractivity contribution is -0.384. The highest BCUT2D eigenvalue weighted by Gasteiger charge is 2.38. The van der Waals surface area contributed by atoms with Gasteiger partial charge in [-0.25, -0.2) is 4.98 Å². The molecule has 2 atom stereocenters. The molecule has 1 aromatic carbocycles. The van der Waals surface area contributed by atoms with Crippen molar-refractivity contribution in [2.75, 3.05) is 26.2 Å². The molecule has 2 fully saturated rings. The monoisotopic (exact) mass is 380 g/mol. The second kappa shape index (κ2) is 7.07. The number of amides is 1. The van der Waals surface area contributed by atoms with E-state index in [1.54, 1.807) is 17.5 Å². The Bertz CT molecular complexity index is 783. The number of hydrogen-bond donors (Lipinski definition) is 1. The Balaban J connectivity index is 0.00000182. The summed E-state index contributed by atoms with van der Waals surface area (Å²) in [6.45, 7) is 3.56. The van der Waals surface area contributed by atoms with Crippen LogP contribution in [0.2, 0.25) is 0 Å². The number of rotatable bonds is 3. The molecule has 2 aliphatic heterocycles. The third kappa shape index (κ3) is 3.37. The molecule has 1 aromatic heterocycles. The highest BCUT2D eigenvalue weighted by molar-refractivity contribution is 7.13. The summed E-state index contributed by atoms with van der Waals surface area (Å²) in [6.07, 6.45) is 0. The average molecular weight is 381 g/mol. The van der Waals surface area contributed by atoms with Crippen LogP contribution >= 0.6 is 23.7 Å². The van der Waals surface area contributed by atoms with E-state index >= 15 is 0 Å². The number of thiazole rings is 1. The molecule has 1 amide bonds. The van der Waals surface area contributed by atoms with Crippen LogP contribution in [0.5, 0.6) is 0 Å². The van der Waals surface area contributed by atoms with E-state index < -0.39 is 4.92 Å². The summed E-state index contributed by atoms with van der Waals surface area (Å²) >= 11 is 1.38. The van der Waals surface area contributed by atoms with Gasteiger partial charge in [0.15, 0.2) is 0 Å². The Kier molecular flexibility index (Phi) is 5.03. The highest BCUT2D eigenvalue weighted by atomic mass is 35.5. The van der Waals surface area contributed by atoms with Crippen LogP contribution in [-0.4, -0.2) is 46.9 Å². The molecule has 3 heterocycles. The molecular weight excluding hydrogens is 364 g/mol. The molecule has 0 saturated carbocycles. The molecule has 0 unspecified atom stereocenters. The molecule has 2 saturated heterocycles. The lowest BCUT2D eigenvalue weighted by atomic mass is 10.0. The number of halogens is 1. The van der Waals surface area contributed by atoms with Crippen LogP contribution < -0.4 is 5.32 Å². The van der Waals surface area contributed by atoms with Gasteiger partial charge in [-0.3, -0.25) is 14.9 Å². The SMILES string of the molecule is Cl.O=C(c1csc(-c2ccc([N+](=O)[O-])cc2)n1)N1C[C@H]2CNC[C@H]2C1. The minimum atomic E-state index is -0.431. The molecule has 0 spiro atoms. The summed E-state index contributed by atoms with van der Waals surface area (Å²) in [6, 6.07) is 6.23. The number of nitro groups is 1. The smallest absolute Gasteiger partial charge is 0.273 e. The largest absolute Gasteiger partial charge is 0.337 e. The number of non-ortho nitro benzene ring substituents is 1. The van der Waals surface area contributed by atoms with Crippen LogP contribution in [0.25, 0.3) is 10.6 Å². The molecule has 2 aromatic rings. The van der Waals surface area contributed by atoms with Crippen molar-refractivity contribution in [2.45, 2.75) is 0 Å². The fourth-order valence-electron chi connectivity index (χ4n) is 3.41. The number of benzene rings is 1. The first kappa shape index (κ1) is 17.8. The van der Waals surface area contributed by atoms with Crippen molar-refractivity contribution in [3.8, 4) is 10.6 Å². The third-order valence-electron chi connectivity index (χ3n) is 4.73. The molecule has 0 bridgehead atoms. The Labute approximate surface area is 154 Å². The van der Waals surface area contributed by atoms with Crippen molar-refractivity contribution in [1.29, 1.82) is 0 Å². The van der Waals surface area contributed by atoms with E-state index in [4.69, 9.17) is 0 Å². The predicted octanol–water partition coefficient (Wildman–Crippen LogP) is 2.43. The molecule has 132 valence electrons. The van der Waals surface area contributed by atoms with Crippen LogP contribution in [-0.2, 0) is 0 Å². The van der Waals surface area contributed by atoms with Gasteiger partial charge in [-0.1, -0.05) is 0 Å². The second-order valence-corrected chi connectivity index (χ2v) is 7.09. The van der Waals surface area contributed by atoms with E-state index in [1.807, 2.05) is 4.90 Å². The Morgan fingerprint density at radius 1 is 1.24 bits per heavy atom. The highest BCUT2D eigenvalue weighted by Crippen LogP contribution is 2.29. The Morgan fingerprint density at radius 2 is 1.88 bits per heavy atom. The van der Waals surface area contributed by atoms with Crippen LogP contribution in [0.3, 0.4) is 0 Å². The van der Waals surface area contributed by atoms with Crippen LogP contribution in [0.1, 0.15) is 10.5 Å². The molecule has 1 N–H and O–H groups in total. The van der Waals surface area contributed by atoms with Gasteiger partial charge in [0.05, 0.1) is 4.92 Å². The van der Waals surface area contributed by atoms with Gasteiger partial charge in [0, 0.05) is 49.3 Å². The van der Waals surface area contributed by atoms with Gasteiger partial charge >= 0.3 is 0 Å². The number of hydrogen-bond acceptors (Lipinski definition) is 6. The number of nitrogens with zero attached hydrogens (tertiary/aromatic N) is 3. The van der Waals surface area contributed by atoms with E-state index in [9.17, 15) is 14.9 Å². The quantitative estimate of drug-likeness (QED) is 0.652. The summed E-state index contributed by atoms with van der Waals surface area (Å²) in [7, 11) is 0. The standard InChI is InChI=1S/C16H16N4O3S.ClH/c21-16(19-7-11-5-17-6-12(11)8-19)14-9-24-15(18-14)10-1-3-13(4-2-10)20(22)23;/h1-4,9,11-12,17H,5-8H2;1H/t11-,12+;. The predicted molar refractivity (Wildman–Crippen MR) is 97.2 cm³/mol. The lowest BCUT2D eigenvalue weighted by Crippen LogP contribution is -2.32. The summed E-state index contributed by atoms with van der Waals surface area (Å²) in [5.41, 5.74) is 1.29. The van der Waals surface area contributed by atoms with Crippen molar-refractivity contribution in [2.24, 2.45) is 11.8 Å². The first-order chi connectivity index (χ1) is 11.6. The molecule has 9 heteroatoms. The minimum absolute atomic E-state index is 0. The van der Waals surface area contributed by atoms with Crippen molar-refractivity contribution in [1.82, 2.24) is 15.2 Å². The topological polar surface area (TPSA) is 88.4 Å². The van der Waals surface area contributed by atoms with Gasteiger partial charge in [0.2, 0.25) is 0 Å². The average Bonchev–Trinajstić information content (AvgIpc) is 3.29. The van der Waals surface area contributed by atoms with Gasteiger partial charge in [-0.05, 0) is 24.0 Å². The fraction of sp³-hybridized carbons (Fsp3) is 0.375. The van der Waals surface area contributed by atoms with Crippen LogP contribution in [0, 0.1) is 22.0 Å². The third-order valence-corrected chi connectivity index (χ3v) is 5.62. The number of nitro benzene ring substituents is 1. The number of fused-ring (bicyclic) bond motifs is 1. The molecule has 25 heavy (non-hydrogen) atoms. The molecule has 0 radical (unpaired) electrons. The van der Waals surface area contributed by atoms with Gasteiger partial charge < -0.3 is 10.2 Å². The fourth-order valence-corrected chi connectivity index (χ4v) is 4.21. The Morgan fingerprint density at radius 3 is 2.48 bits per heavy atom. The maximum Gasteiger partial charge on any atom is 0.273 e. The zero-order valence-electron chi connectivity index (χ0n) is 13.3. The number of likely N-dealkylation sites (tertiary alicyclic amines) is 1. The first-order valence-electron chi connectivity index (χ1n) is 7.82. The van der Waals surface area contributed by atoms with Crippen LogP contribution in [0.15, 0.2) is 29.6 Å². The van der Waals surface area contributed by atoms with Gasteiger partial charge in [-0.2, -0.15) is 0 Å². The van der Waals surface area contributed by atoms with Crippen molar-refractivity contribution in [3.63, 3.8) is 0 Å². The molecule has 4 rings (SSSR count). The van der Waals surface area contributed by atoms with E-state index in [2.05, 4.69) is 10.3 Å². The molecule has 7 nitrogen and oxygen atoms in total. The number of carbonyl (C=O) groups is 1. The second-order valence-electron chi connectivity index (χ2n) is 6.23. The summed E-state index contributed by atoms with van der Waals surface area (Å²) < 4.78 is 0. The zero-order chi connectivity index (χ0) is 16.7. The summed E-state index contributed by atoms with van der Waals surface area (Å²) in [5.74, 6) is 1.09. The first-order valence-corrected chi connectivity index (χ1v) is 8.70. The molecule has 2 aliphatic rings. The summed E-state index contributed by atoms with van der Waals surface area (Å²) in [5, 5.41) is 16.5. The maximum absolute atomic E-state index is 12.6. The molecular formula is C16H17ClN4O3S. The van der Waals surface area contributed by atoms with E-state index in [0.29, 0.717) is 22.5 Å². The summed E-state index contributed by atoms with van der Waals surface area (Å²) in [4.78, 5) is 29.2. The van der Waals surface area contributed by atoms with Crippen molar-refractivity contribution in [3.05, 3.63) is 45.5 Å². The van der Waals surface area contributed by atoms with E-state index in [0.717, 1.165) is 31.7 Å². The number of nitrogens with one attached hydrogen (secondary N) is 1. The molecule has 0 aliphatic carbocycles. The number of aromatic nitrogens is 1. The van der Waals surface area contributed by atoms with E-state index in [-0.39, 0.29) is 24.0 Å². The normalized spacial score (nSPS) is 21.7. The van der Waals surface area contributed by atoms with E-state index in [1.165, 1.54) is 23.5 Å². The van der Waals surface area contributed by atoms with Gasteiger partial charge in [-0.15, -0.1) is 23.7 Å². The zero-order valence-corrected chi connectivity index (χ0v) is 14.9. The number of carbonyl (C=O) groups excluding carboxylic acids is 1. The lowest BCUT2D eigenvalue weighted by Gasteiger charge is -2.15. The van der Waals surface area contributed by atoms with Crippen LogP contribution in [0.4, 0.5) is 5.69 Å².